The molecule has 0 fully saturated rings. The van der Waals surface area contributed by atoms with Gasteiger partial charge in [0, 0.05) is 0 Å². The molecule has 0 saturated heterocycles. The Balaban J connectivity index is 3.40. The molecule has 1 heteroatoms. The Labute approximate surface area is 122 Å². The van der Waals surface area contributed by atoms with Crippen molar-refractivity contribution in [1.82, 2.24) is 0 Å². The molecule has 0 bridgehead atoms. The van der Waals surface area contributed by atoms with Crippen LogP contribution in [0.2, 0.25) is 0 Å². The Morgan fingerprint density at radius 2 is 0.947 bits per heavy atom. The fraction of sp³-hybridized carbons (Fsp3) is 1.00. The summed E-state index contributed by atoms with van der Waals surface area (Å²) in [6.07, 6.45) is 11.7. The molecule has 0 amide bonds. The van der Waals surface area contributed by atoms with Gasteiger partial charge in [0.05, 0.1) is 6.10 Å². The van der Waals surface area contributed by atoms with Gasteiger partial charge in [0.15, 0.2) is 0 Å². The van der Waals surface area contributed by atoms with Crippen LogP contribution >= 0.6 is 0 Å². The van der Waals surface area contributed by atoms with Gasteiger partial charge in [-0.2, -0.15) is 0 Å². The third kappa shape index (κ3) is 14.2. The van der Waals surface area contributed by atoms with Crippen molar-refractivity contribution in [2.24, 2.45) is 17.8 Å². The highest BCUT2D eigenvalue weighted by Gasteiger charge is 2.07. The highest BCUT2D eigenvalue weighted by molar-refractivity contribution is 4.60. The molecule has 0 aliphatic carbocycles. The quantitative estimate of drug-likeness (QED) is 0.474. The van der Waals surface area contributed by atoms with Crippen molar-refractivity contribution in [3.8, 4) is 0 Å². The fourth-order valence-electron chi connectivity index (χ4n) is 2.74. The molecular weight excluding hydrogens is 232 g/mol. The number of hydrogen-bond acceptors (Lipinski definition) is 1. The lowest BCUT2D eigenvalue weighted by atomic mass is 9.92. The highest BCUT2D eigenvalue weighted by atomic mass is 16.3. The van der Waals surface area contributed by atoms with Gasteiger partial charge in [0.1, 0.15) is 0 Å². The monoisotopic (exact) mass is 270 g/mol. The minimum absolute atomic E-state index is 0.117. The van der Waals surface area contributed by atoms with Crippen LogP contribution in [-0.4, -0.2) is 11.2 Å². The summed E-state index contributed by atoms with van der Waals surface area (Å²) in [5.41, 5.74) is 0. The maximum Gasteiger partial charge on any atom is 0.0512 e. The van der Waals surface area contributed by atoms with Crippen LogP contribution in [0.3, 0.4) is 0 Å². The van der Waals surface area contributed by atoms with Gasteiger partial charge < -0.3 is 5.11 Å². The first-order chi connectivity index (χ1) is 8.91. The number of hydrogen-bond donors (Lipinski definition) is 1. The number of rotatable bonds is 12. The summed E-state index contributed by atoms with van der Waals surface area (Å²) in [6.45, 7) is 11.3. The molecule has 0 heterocycles. The Kier molecular flexibility index (Phi) is 11.7. The summed E-state index contributed by atoms with van der Waals surface area (Å²) >= 11 is 0. The van der Waals surface area contributed by atoms with E-state index >= 15 is 0 Å². The van der Waals surface area contributed by atoms with E-state index in [9.17, 15) is 5.11 Å². The Morgan fingerprint density at radius 1 is 0.579 bits per heavy atom. The van der Waals surface area contributed by atoms with E-state index in [1.54, 1.807) is 0 Å². The summed E-state index contributed by atoms with van der Waals surface area (Å²) in [5, 5.41) is 9.24. The smallest absolute Gasteiger partial charge is 0.0512 e. The van der Waals surface area contributed by atoms with Crippen LogP contribution in [0.4, 0.5) is 0 Å². The van der Waals surface area contributed by atoms with Crippen LogP contribution in [0.5, 0.6) is 0 Å². The van der Waals surface area contributed by atoms with E-state index in [0.717, 1.165) is 24.2 Å². The van der Waals surface area contributed by atoms with Crippen LogP contribution in [0.15, 0.2) is 0 Å². The lowest BCUT2D eigenvalue weighted by molar-refractivity contribution is 0.178. The Bertz CT molecular complexity index is 166. The van der Waals surface area contributed by atoms with Gasteiger partial charge in [-0.05, 0) is 31.1 Å². The molecule has 0 rings (SSSR count). The highest BCUT2D eigenvalue weighted by Crippen LogP contribution is 2.21. The molecule has 0 radical (unpaired) electrons. The molecule has 19 heavy (non-hydrogen) atoms. The van der Waals surface area contributed by atoms with E-state index in [2.05, 4.69) is 27.7 Å². The van der Waals surface area contributed by atoms with Gasteiger partial charge in [-0.15, -0.1) is 0 Å². The maximum absolute atomic E-state index is 9.24. The van der Waals surface area contributed by atoms with Gasteiger partial charge in [0.25, 0.3) is 0 Å². The van der Waals surface area contributed by atoms with Crippen molar-refractivity contribution < 1.29 is 5.11 Å². The van der Waals surface area contributed by atoms with Gasteiger partial charge in [-0.3, -0.25) is 0 Å². The molecule has 116 valence electrons. The maximum atomic E-state index is 9.24. The van der Waals surface area contributed by atoms with Crippen molar-refractivity contribution in [1.29, 1.82) is 0 Å². The van der Waals surface area contributed by atoms with E-state index < -0.39 is 0 Å². The summed E-state index contributed by atoms with van der Waals surface area (Å²) in [4.78, 5) is 0. The number of aliphatic hydroxyl groups excluding tert-OH is 1. The Morgan fingerprint density at radius 3 is 1.32 bits per heavy atom. The first-order valence-electron chi connectivity index (χ1n) is 8.59. The molecule has 0 aromatic carbocycles. The van der Waals surface area contributed by atoms with E-state index in [1.807, 2.05) is 6.92 Å². The summed E-state index contributed by atoms with van der Waals surface area (Å²) in [7, 11) is 0. The van der Waals surface area contributed by atoms with Gasteiger partial charge in [0.2, 0.25) is 0 Å². The fourth-order valence-corrected chi connectivity index (χ4v) is 2.74. The first-order valence-corrected chi connectivity index (χ1v) is 8.59. The molecule has 0 aliphatic heterocycles. The SMILES string of the molecule is CC(C)CCC[C@H](C)CCC[C@H](C)CCC[C@H](C)O. The predicted octanol–water partition coefficient (Wildman–Crippen LogP) is 5.81. The summed E-state index contributed by atoms with van der Waals surface area (Å²) in [6, 6.07) is 0. The average Bonchev–Trinajstić information content (AvgIpc) is 2.27. The zero-order chi connectivity index (χ0) is 14.7. The third-order valence-corrected chi connectivity index (χ3v) is 4.19. The van der Waals surface area contributed by atoms with Crippen molar-refractivity contribution in [2.45, 2.75) is 98.5 Å². The molecule has 0 aromatic heterocycles. The van der Waals surface area contributed by atoms with Crippen molar-refractivity contribution in [2.75, 3.05) is 0 Å². The second kappa shape index (κ2) is 11.8. The third-order valence-electron chi connectivity index (χ3n) is 4.19. The van der Waals surface area contributed by atoms with Gasteiger partial charge in [-0.1, -0.05) is 79.1 Å². The zero-order valence-electron chi connectivity index (χ0n) is 14.1. The zero-order valence-corrected chi connectivity index (χ0v) is 14.1. The van der Waals surface area contributed by atoms with Crippen LogP contribution in [0.1, 0.15) is 92.4 Å². The molecule has 1 N–H and O–H groups in total. The molecule has 0 saturated carbocycles. The van der Waals surface area contributed by atoms with E-state index in [-0.39, 0.29) is 6.10 Å². The Hall–Kier alpha value is -0.0400. The van der Waals surface area contributed by atoms with E-state index in [1.165, 1.54) is 51.4 Å². The van der Waals surface area contributed by atoms with Crippen LogP contribution < -0.4 is 0 Å². The molecule has 0 aromatic rings. The molecule has 3 atom stereocenters. The predicted molar refractivity (Wildman–Crippen MR) is 86.4 cm³/mol. The van der Waals surface area contributed by atoms with Crippen molar-refractivity contribution >= 4 is 0 Å². The summed E-state index contributed by atoms with van der Waals surface area (Å²) < 4.78 is 0. The average molecular weight is 271 g/mol. The van der Waals surface area contributed by atoms with Crippen LogP contribution in [-0.2, 0) is 0 Å². The molecule has 1 nitrogen and oxygen atoms in total. The van der Waals surface area contributed by atoms with Crippen LogP contribution in [0.25, 0.3) is 0 Å². The van der Waals surface area contributed by atoms with Crippen molar-refractivity contribution in [3.63, 3.8) is 0 Å². The van der Waals surface area contributed by atoms with Crippen LogP contribution in [0, 0.1) is 17.8 Å². The van der Waals surface area contributed by atoms with Gasteiger partial charge >= 0.3 is 0 Å². The molecule has 0 unspecified atom stereocenters. The second-order valence-electron chi connectivity index (χ2n) is 7.25. The van der Waals surface area contributed by atoms with E-state index in [4.69, 9.17) is 0 Å². The van der Waals surface area contributed by atoms with Crippen molar-refractivity contribution in [3.05, 3.63) is 0 Å². The molecule has 0 aliphatic rings. The standard InChI is InChI=1S/C18H38O/c1-15(2)9-6-10-16(3)11-7-12-17(4)13-8-14-18(5)19/h15-19H,6-14H2,1-5H3/t16-,17-,18-/m0/s1. The van der Waals surface area contributed by atoms with Gasteiger partial charge in [-0.25, -0.2) is 0 Å². The normalized spacial score (nSPS) is 16.6. The first kappa shape index (κ1) is 19.0. The minimum atomic E-state index is -0.117. The lowest BCUT2D eigenvalue weighted by Crippen LogP contribution is -2.03. The molecule has 0 spiro atoms. The topological polar surface area (TPSA) is 20.2 Å². The second-order valence-corrected chi connectivity index (χ2v) is 7.25. The number of aliphatic hydroxyl groups is 1. The molecular formula is C18H38O. The largest absolute Gasteiger partial charge is 0.393 e. The van der Waals surface area contributed by atoms with E-state index in [0.29, 0.717) is 0 Å². The lowest BCUT2D eigenvalue weighted by Gasteiger charge is -2.15. The minimum Gasteiger partial charge on any atom is -0.393 e. The summed E-state index contributed by atoms with van der Waals surface area (Å²) in [5.74, 6) is 2.60.